The van der Waals surface area contributed by atoms with E-state index < -0.39 is 0 Å². The van der Waals surface area contributed by atoms with Crippen molar-refractivity contribution < 1.29 is 9.59 Å². The summed E-state index contributed by atoms with van der Waals surface area (Å²) in [7, 11) is 0. The van der Waals surface area contributed by atoms with Gasteiger partial charge in [-0.2, -0.15) is 0 Å². The van der Waals surface area contributed by atoms with Crippen LogP contribution in [0.2, 0.25) is 0 Å². The Hall–Kier alpha value is -0.570. The number of thioether (sulfide) groups is 1. The van der Waals surface area contributed by atoms with Crippen LogP contribution in [0.15, 0.2) is 11.1 Å². The summed E-state index contributed by atoms with van der Waals surface area (Å²) in [5, 5.41) is 0.154. The second-order valence-corrected chi connectivity index (χ2v) is 4.44. The average Bonchev–Trinajstić information content (AvgIpc) is 2.16. The first-order valence-corrected chi connectivity index (χ1v) is 6.16. The first-order valence-electron chi connectivity index (χ1n) is 4.93. The lowest BCUT2D eigenvalue weighted by Gasteiger charge is -2.17. The second-order valence-electron chi connectivity index (χ2n) is 3.66. The van der Waals surface area contributed by atoms with Crippen LogP contribution in [0.5, 0.6) is 0 Å². The van der Waals surface area contributed by atoms with Gasteiger partial charge in [-0.3, -0.25) is 9.59 Å². The maximum atomic E-state index is 11.6. The van der Waals surface area contributed by atoms with E-state index in [-0.39, 0.29) is 10.9 Å². The summed E-state index contributed by atoms with van der Waals surface area (Å²) in [6.07, 6.45) is 6.28. The van der Waals surface area contributed by atoms with Gasteiger partial charge in [-0.25, -0.2) is 0 Å². The molecule has 14 heavy (non-hydrogen) atoms. The Labute approximate surface area is 89.1 Å². The number of hydrogen-bond acceptors (Lipinski definition) is 3. The normalized spacial score (nSPS) is 17.0. The van der Waals surface area contributed by atoms with E-state index >= 15 is 0 Å². The van der Waals surface area contributed by atoms with Crippen LogP contribution in [0.25, 0.3) is 0 Å². The number of Topliss-reactive ketones (excluding diaryl/α,β-unsaturated/α-hetero) is 1. The fourth-order valence-electron chi connectivity index (χ4n) is 1.83. The highest BCUT2D eigenvalue weighted by Gasteiger charge is 2.18. The molecule has 1 rings (SSSR count). The fraction of sp³-hybridized carbons (Fsp3) is 0.636. The predicted octanol–water partition coefficient (Wildman–Crippen LogP) is 2.73. The quantitative estimate of drug-likeness (QED) is 0.721. The molecule has 1 aliphatic carbocycles. The Bertz CT molecular complexity index is 279. The topological polar surface area (TPSA) is 34.1 Å². The SMILES string of the molecule is CSC(=O)C1=C(CC(C)=O)CCCC1. The van der Waals surface area contributed by atoms with E-state index in [4.69, 9.17) is 0 Å². The molecule has 0 aliphatic heterocycles. The third-order valence-corrected chi connectivity index (χ3v) is 3.09. The molecule has 0 heterocycles. The Kier molecular flexibility index (Phi) is 4.39. The minimum atomic E-state index is 0.154. The Morgan fingerprint density at radius 3 is 2.50 bits per heavy atom. The van der Waals surface area contributed by atoms with Crippen LogP contribution in [0, 0.1) is 0 Å². The van der Waals surface area contributed by atoms with E-state index in [1.807, 2.05) is 0 Å². The van der Waals surface area contributed by atoms with Crippen molar-refractivity contribution in [2.75, 3.05) is 6.26 Å². The lowest BCUT2D eigenvalue weighted by molar-refractivity contribution is -0.116. The van der Waals surface area contributed by atoms with Crippen LogP contribution in [0.4, 0.5) is 0 Å². The monoisotopic (exact) mass is 212 g/mol. The van der Waals surface area contributed by atoms with E-state index in [9.17, 15) is 9.59 Å². The molecule has 2 nitrogen and oxygen atoms in total. The molecule has 0 N–H and O–H groups in total. The second kappa shape index (κ2) is 5.35. The van der Waals surface area contributed by atoms with Gasteiger partial charge in [-0.1, -0.05) is 17.3 Å². The highest BCUT2D eigenvalue weighted by atomic mass is 32.2. The zero-order valence-corrected chi connectivity index (χ0v) is 9.58. The van der Waals surface area contributed by atoms with Crippen LogP contribution in [0.3, 0.4) is 0 Å². The summed E-state index contributed by atoms with van der Waals surface area (Å²) in [5.41, 5.74) is 2.00. The number of hydrogen-bond donors (Lipinski definition) is 0. The molecule has 3 heteroatoms. The van der Waals surface area contributed by atoms with Gasteiger partial charge in [0, 0.05) is 12.0 Å². The van der Waals surface area contributed by atoms with Crippen LogP contribution >= 0.6 is 11.8 Å². The largest absolute Gasteiger partial charge is 0.300 e. The summed E-state index contributed by atoms with van der Waals surface area (Å²) in [5.74, 6) is 0.160. The first-order chi connectivity index (χ1) is 6.65. The zero-order valence-electron chi connectivity index (χ0n) is 8.76. The number of carbonyl (C=O) groups is 2. The Morgan fingerprint density at radius 1 is 1.29 bits per heavy atom. The van der Waals surface area contributed by atoms with E-state index in [1.54, 1.807) is 13.2 Å². The molecular formula is C11H16O2S. The summed E-state index contributed by atoms with van der Waals surface area (Å²) in [6, 6.07) is 0. The van der Waals surface area contributed by atoms with Gasteiger partial charge in [-0.15, -0.1) is 0 Å². The van der Waals surface area contributed by atoms with Gasteiger partial charge in [0.15, 0.2) is 0 Å². The molecule has 0 atom stereocenters. The van der Waals surface area contributed by atoms with Crippen molar-refractivity contribution in [1.82, 2.24) is 0 Å². The molecular weight excluding hydrogens is 196 g/mol. The van der Waals surface area contributed by atoms with E-state index in [0.717, 1.165) is 36.8 Å². The van der Waals surface area contributed by atoms with Gasteiger partial charge < -0.3 is 0 Å². The minimum absolute atomic E-state index is 0.154. The van der Waals surface area contributed by atoms with Crippen molar-refractivity contribution in [3.05, 3.63) is 11.1 Å². The van der Waals surface area contributed by atoms with Crippen molar-refractivity contribution in [1.29, 1.82) is 0 Å². The van der Waals surface area contributed by atoms with Crippen molar-refractivity contribution in [2.24, 2.45) is 0 Å². The maximum Gasteiger partial charge on any atom is 0.215 e. The molecule has 0 aromatic rings. The Morgan fingerprint density at radius 2 is 1.93 bits per heavy atom. The Balaban J connectivity index is 2.84. The molecule has 0 saturated heterocycles. The van der Waals surface area contributed by atoms with Crippen molar-refractivity contribution in [2.45, 2.75) is 39.0 Å². The van der Waals surface area contributed by atoms with E-state index in [0.29, 0.717) is 6.42 Å². The van der Waals surface area contributed by atoms with Crippen LogP contribution in [-0.2, 0) is 9.59 Å². The smallest absolute Gasteiger partial charge is 0.215 e. The lowest BCUT2D eigenvalue weighted by Crippen LogP contribution is -2.09. The van der Waals surface area contributed by atoms with Gasteiger partial charge in [0.25, 0.3) is 0 Å². The van der Waals surface area contributed by atoms with Gasteiger partial charge in [0.1, 0.15) is 5.78 Å². The maximum absolute atomic E-state index is 11.6. The van der Waals surface area contributed by atoms with Crippen molar-refractivity contribution in [3.63, 3.8) is 0 Å². The molecule has 0 bridgehead atoms. The molecule has 1 aliphatic rings. The number of rotatable bonds is 3. The summed E-state index contributed by atoms with van der Waals surface area (Å²) < 4.78 is 0. The number of ketones is 1. The number of carbonyl (C=O) groups excluding carboxylic acids is 2. The minimum Gasteiger partial charge on any atom is -0.300 e. The average molecular weight is 212 g/mol. The molecule has 0 amide bonds. The molecule has 0 radical (unpaired) electrons. The van der Waals surface area contributed by atoms with Crippen molar-refractivity contribution in [3.8, 4) is 0 Å². The van der Waals surface area contributed by atoms with Gasteiger partial charge in [-0.05, 0) is 38.9 Å². The van der Waals surface area contributed by atoms with Crippen LogP contribution < -0.4 is 0 Å². The van der Waals surface area contributed by atoms with Gasteiger partial charge in [0.05, 0.1) is 0 Å². The highest BCUT2D eigenvalue weighted by Crippen LogP contribution is 2.29. The van der Waals surface area contributed by atoms with Gasteiger partial charge >= 0.3 is 0 Å². The van der Waals surface area contributed by atoms with Crippen molar-refractivity contribution >= 4 is 22.7 Å². The summed E-state index contributed by atoms with van der Waals surface area (Å²) in [6.45, 7) is 1.59. The molecule has 0 fully saturated rings. The van der Waals surface area contributed by atoms with E-state index in [2.05, 4.69) is 0 Å². The zero-order chi connectivity index (χ0) is 10.6. The number of allylic oxidation sites excluding steroid dienone is 1. The predicted molar refractivity (Wildman–Crippen MR) is 59.3 cm³/mol. The molecule has 0 spiro atoms. The highest BCUT2D eigenvalue weighted by molar-refractivity contribution is 8.13. The molecule has 0 aromatic heterocycles. The lowest BCUT2D eigenvalue weighted by atomic mass is 9.89. The van der Waals surface area contributed by atoms with Crippen LogP contribution in [-0.4, -0.2) is 17.2 Å². The summed E-state index contributed by atoms with van der Waals surface area (Å²) >= 11 is 1.25. The third kappa shape index (κ3) is 2.98. The van der Waals surface area contributed by atoms with E-state index in [1.165, 1.54) is 11.8 Å². The van der Waals surface area contributed by atoms with Crippen LogP contribution in [0.1, 0.15) is 39.0 Å². The molecule has 0 unspecified atom stereocenters. The molecule has 0 saturated carbocycles. The first kappa shape index (κ1) is 11.5. The molecule has 0 aromatic carbocycles. The van der Waals surface area contributed by atoms with Gasteiger partial charge in [0.2, 0.25) is 5.12 Å². The fourth-order valence-corrected chi connectivity index (χ4v) is 2.33. The third-order valence-electron chi connectivity index (χ3n) is 2.48. The standard InChI is InChI=1S/C11H16O2S/c1-8(12)7-9-5-3-4-6-10(9)11(13)14-2/h3-7H2,1-2H3. The molecule has 78 valence electrons. The summed E-state index contributed by atoms with van der Waals surface area (Å²) in [4.78, 5) is 22.6.